The van der Waals surface area contributed by atoms with E-state index in [4.69, 9.17) is 9.47 Å². The first-order valence-corrected chi connectivity index (χ1v) is 6.69. The molecule has 1 saturated carbocycles. The second-order valence-electron chi connectivity index (χ2n) is 4.71. The van der Waals surface area contributed by atoms with Gasteiger partial charge in [-0.25, -0.2) is 4.79 Å². The van der Waals surface area contributed by atoms with E-state index in [1.807, 2.05) is 12.1 Å². The minimum atomic E-state index is -0.288. The summed E-state index contributed by atoms with van der Waals surface area (Å²) in [5.41, 5.74) is 0.556. The van der Waals surface area contributed by atoms with E-state index in [1.54, 1.807) is 19.1 Å². The summed E-state index contributed by atoms with van der Waals surface area (Å²) in [6.07, 6.45) is 5.16. The molecule has 1 aromatic rings. The van der Waals surface area contributed by atoms with E-state index in [0.717, 1.165) is 12.4 Å². The van der Waals surface area contributed by atoms with Gasteiger partial charge in [0, 0.05) is 0 Å². The highest BCUT2D eigenvalue weighted by molar-refractivity contribution is 5.89. The van der Waals surface area contributed by atoms with E-state index in [-0.39, 0.29) is 5.97 Å². The normalized spacial score (nSPS) is 15.6. The van der Waals surface area contributed by atoms with Crippen LogP contribution in [0, 0.1) is 5.92 Å². The van der Waals surface area contributed by atoms with Crippen LogP contribution in [0.3, 0.4) is 0 Å². The third-order valence-corrected chi connectivity index (χ3v) is 3.31. The number of hydrogen-bond acceptors (Lipinski definition) is 3. The van der Waals surface area contributed by atoms with Crippen molar-refractivity contribution in [3.8, 4) is 5.75 Å². The average Bonchev–Trinajstić information content (AvgIpc) is 2.90. The quantitative estimate of drug-likeness (QED) is 0.749. The summed E-state index contributed by atoms with van der Waals surface area (Å²) in [4.78, 5) is 11.6. The van der Waals surface area contributed by atoms with Gasteiger partial charge in [-0.15, -0.1) is 0 Å². The van der Waals surface area contributed by atoms with Gasteiger partial charge in [0.1, 0.15) is 5.75 Å². The van der Waals surface area contributed by atoms with Crippen molar-refractivity contribution in [1.29, 1.82) is 0 Å². The Balaban J connectivity index is 1.91. The van der Waals surface area contributed by atoms with Crippen LogP contribution in [0.1, 0.15) is 43.0 Å². The number of rotatable bonds is 5. The molecule has 1 aromatic carbocycles. The molecule has 1 aliphatic rings. The summed E-state index contributed by atoms with van der Waals surface area (Å²) in [5.74, 6) is 1.15. The summed E-state index contributed by atoms with van der Waals surface area (Å²) >= 11 is 0. The summed E-state index contributed by atoms with van der Waals surface area (Å²) in [6, 6.07) is 7.22. The molecule has 0 atom stereocenters. The standard InChI is InChI=1S/C15H20O3/c1-2-17-15(16)13-8-5-9-14(10-13)18-11-12-6-3-4-7-12/h5,8-10,12H,2-4,6-7,11H2,1H3. The van der Waals surface area contributed by atoms with Crippen LogP contribution in [0.2, 0.25) is 0 Å². The Bertz CT molecular complexity index is 394. The summed E-state index contributed by atoms with van der Waals surface area (Å²) in [7, 11) is 0. The SMILES string of the molecule is CCOC(=O)c1cccc(OCC2CCCC2)c1. The highest BCUT2D eigenvalue weighted by Gasteiger charge is 2.15. The maximum atomic E-state index is 11.6. The lowest BCUT2D eigenvalue weighted by molar-refractivity contribution is 0.0526. The molecule has 0 saturated heterocycles. The van der Waals surface area contributed by atoms with Gasteiger partial charge in [0.25, 0.3) is 0 Å². The van der Waals surface area contributed by atoms with Crippen LogP contribution < -0.4 is 4.74 Å². The van der Waals surface area contributed by atoms with E-state index in [2.05, 4.69) is 0 Å². The van der Waals surface area contributed by atoms with Crippen molar-refractivity contribution in [2.24, 2.45) is 5.92 Å². The molecule has 0 aromatic heterocycles. The van der Waals surface area contributed by atoms with Crippen LogP contribution in [0.15, 0.2) is 24.3 Å². The third-order valence-electron chi connectivity index (χ3n) is 3.31. The first-order valence-electron chi connectivity index (χ1n) is 6.69. The predicted octanol–water partition coefficient (Wildman–Crippen LogP) is 3.43. The summed E-state index contributed by atoms with van der Waals surface area (Å²) < 4.78 is 10.7. The van der Waals surface area contributed by atoms with Gasteiger partial charge in [-0.05, 0) is 43.9 Å². The van der Waals surface area contributed by atoms with E-state index < -0.39 is 0 Å². The minimum absolute atomic E-state index is 0.288. The van der Waals surface area contributed by atoms with Crippen molar-refractivity contribution in [3.05, 3.63) is 29.8 Å². The van der Waals surface area contributed by atoms with Gasteiger partial charge in [0.15, 0.2) is 0 Å². The van der Waals surface area contributed by atoms with Crippen LogP contribution in [0.4, 0.5) is 0 Å². The van der Waals surface area contributed by atoms with Crippen LogP contribution in [-0.4, -0.2) is 19.2 Å². The zero-order chi connectivity index (χ0) is 12.8. The number of benzene rings is 1. The molecule has 0 bridgehead atoms. The van der Waals surface area contributed by atoms with E-state index in [9.17, 15) is 4.79 Å². The Morgan fingerprint density at radius 3 is 2.83 bits per heavy atom. The molecule has 3 heteroatoms. The molecule has 98 valence electrons. The fourth-order valence-corrected chi connectivity index (χ4v) is 2.32. The second kappa shape index (κ2) is 6.43. The number of hydrogen-bond donors (Lipinski definition) is 0. The molecule has 0 radical (unpaired) electrons. The Kier molecular flexibility index (Phi) is 4.62. The van der Waals surface area contributed by atoms with E-state index in [1.165, 1.54) is 25.7 Å². The zero-order valence-electron chi connectivity index (χ0n) is 10.9. The minimum Gasteiger partial charge on any atom is -0.493 e. The second-order valence-corrected chi connectivity index (χ2v) is 4.71. The van der Waals surface area contributed by atoms with Gasteiger partial charge in [-0.2, -0.15) is 0 Å². The molecule has 0 unspecified atom stereocenters. The van der Waals surface area contributed by atoms with Gasteiger partial charge in [0.2, 0.25) is 0 Å². The summed E-state index contributed by atoms with van der Waals surface area (Å²) in [5, 5.41) is 0. The van der Waals surface area contributed by atoms with Crippen LogP contribution in [0.5, 0.6) is 5.75 Å². The first-order chi connectivity index (χ1) is 8.79. The van der Waals surface area contributed by atoms with Gasteiger partial charge < -0.3 is 9.47 Å². The van der Waals surface area contributed by atoms with Crippen molar-refractivity contribution >= 4 is 5.97 Å². The molecule has 18 heavy (non-hydrogen) atoms. The fraction of sp³-hybridized carbons (Fsp3) is 0.533. The molecule has 1 fully saturated rings. The summed E-state index contributed by atoms with van der Waals surface area (Å²) in [6.45, 7) is 2.95. The molecular formula is C15H20O3. The van der Waals surface area contributed by atoms with Gasteiger partial charge >= 0.3 is 5.97 Å². The van der Waals surface area contributed by atoms with Gasteiger partial charge in [-0.1, -0.05) is 18.9 Å². The maximum Gasteiger partial charge on any atom is 0.338 e. The molecule has 0 aliphatic heterocycles. The van der Waals surface area contributed by atoms with Crippen molar-refractivity contribution in [3.63, 3.8) is 0 Å². The number of carbonyl (C=O) groups is 1. The zero-order valence-corrected chi connectivity index (χ0v) is 10.9. The van der Waals surface area contributed by atoms with Crippen molar-refractivity contribution in [2.45, 2.75) is 32.6 Å². The van der Waals surface area contributed by atoms with Crippen molar-refractivity contribution in [2.75, 3.05) is 13.2 Å². The third kappa shape index (κ3) is 3.49. The molecule has 0 heterocycles. The highest BCUT2D eigenvalue weighted by atomic mass is 16.5. The van der Waals surface area contributed by atoms with E-state index in [0.29, 0.717) is 18.1 Å². The monoisotopic (exact) mass is 248 g/mol. The van der Waals surface area contributed by atoms with Crippen molar-refractivity contribution in [1.82, 2.24) is 0 Å². The number of carbonyl (C=O) groups excluding carboxylic acids is 1. The molecular weight excluding hydrogens is 228 g/mol. The lowest BCUT2D eigenvalue weighted by atomic mass is 10.1. The topological polar surface area (TPSA) is 35.5 Å². The largest absolute Gasteiger partial charge is 0.493 e. The Morgan fingerprint density at radius 1 is 1.33 bits per heavy atom. The Labute approximate surface area is 108 Å². The lowest BCUT2D eigenvalue weighted by Gasteiger charge is -2.11. The molecule has 2 rings (SSSR count). The van der Waals surface area contributed by atoms with Crippen LogP contribution in [-0.2, 0) is 4.74 Å². The average molecular weight is 248 g/mol. The molecule has 1 aliphatic carbocycles. The fourth-order valence-electron chi connectivity index (χ4n) is 2.32. The first kappa shape index (κ1) is 12.9. The number of ether oxygens (including phenoxy) is 2. The lowest BCUT2D eigenvalue weighted by Crippen LogP contribution is -2.09. The van der Waals surface area contributed by atoms with E-state index >= 15 is 0 Å². The molecule has 0 amide bonds. The van der Waals surface area contributed by atoms with Crippen molar-refractivity contribution < 1.29 is 14.3 Å². The Morgan fingerprint density at radius 2 is 2.11 bits per heavy atom. The predicted molar refractivity (Wildman–Crippen MR) is 69.9 cm³/mol. The Hall–Kier alpha value is -1.51. The molecule has 3 nitrogen and oxygen atoms in total. The van der Waals surface area contributed by atoms with Crippen LogP contribution >= 0.6 is 0 Å². The highest BCUT2D eigenvalue weighted by Crippen LogP contribution is 2.25. The molecule has 0 spiro atoms. The molecule has 0 N–H and O–H groups in total. The van der Waals surface area contributed by atoms with Gasteiger partial charge in [-0.3, -0.25) is 0 Å². The maximum absolute atomic E-state index is 11.6. The number of esters is 1. The smallest absolute Gasteiger partial charge is 0.338 e. The van der Waals surface area contributed by atoms with Gasteiger partial charge in [0.05, 0.1) is 18.8 Å². The van der Waals surface area contributed by atoms with Crippen LogP contribution in [0.25, 0.3) is 0 Å².